The average Bonchev–Trinajstić information content (AvgIpc) is 3.24. The molecular formula is C29H30O10. The van der Waals surface area contributed by atoms with Gasteiger partial charge in [0.15, 0.2) is 35.2 Å². The number of benzene rings is 3. The molecule has 206 valence electrons. The highest BCUT2D eigenvalue weighted by molar-refractivity contribution is 6.05. The minimum absolute atomic E-state index is 0.0400. The number of methoxy groups -OCH3 is 1. The largest absolute Gasteiger partial charge is 0.508 e. The third-order valence-electron chi connectivity index (χ3n) is 6.71. The number of phenols is 3. The van der Waals surface area contributed by atoms with Crippen LogP contribution < -0.4 is 18.9 Å². The molecule has 4 atom stereocenters. The molecule has 3 aromatic rings. The summed E-state index contributed by atoms with van der Waals surface area (Å²) in [6, 6.07) is 10.3. The zero-order valence-corrected chi connectivity index (χ0v) is 21.8. The number of ether oxygens (including phenoxy) is 4. The molecule has 0 spiro atoms. The van der Waals surface area contributed by atoms with Gasteiger partial charge in [-0.3, -0.25) is 4.79 Å². The molecule has 3 aromatic carbocycles. The van der Waals surface area contributed by atoms with Crippen molar-refractivity contribution in [2.45, 2.75) is 50.6 Å². The number of ketones is 1. The standard InChI is InChI=1S/C29H30O10/c1-29(2,3)39-22-9-14(27-25(35)24(34)23-19(33)10-15(31)11-21(23)37-27)7-16-17(12-30)26(38-28(16)22)13-5-6-18(32)20(8-13)36-4/h5-11,17,25-27,30-33,35H,12H2,1-4H3/t17-,25?,26?,27?/m1/s1. The number of carbonyl (C=O) groups is 1. The molecule has 0 bridgehead atoms. The van der Waals surface area contributed by atoms with Crippen LogP contribution in [0.1, 0.15) is 65.9 Å². The smallest absolute Gasteiger partial charge is 0.202 e. The van der Waals surface area contributed by atoms with Crippen molar-refractivity contribution in [3.8, 4) is 40.2 Å². The number of rotatable bonds is 5. The second-order valence-electron chi connectivity index (χ2n) is 10.6. The van der Waals surface area contributed by atoms with Crippen LogP contribution in [0.3, 0.4) is 0 Å². The van der Waals surface area contributed by atoms with Crippen molar-refractivity contribution in [3.63, 3.8) is 0 Å². The van der Waals surface area contributed by atoms with E-state index < -0.39 is 41.4 Å². The predicted octanol–water partition coefficient (Wildman–Crippen LogP) is 3.88. The number of fused-ring (bicyclic) bond motifs is 2. The van der Waals surface area contributed by atoms with E-state index in [0.29, 0.717) is 28.2 Å². The Morgan fingerprint density at radius 1 is 0.897 bits per heavy atom. The number of hydrogen-bond donors (Lipinski definition) is 5. The summed E-state index contributed by atoms with van der Waals surface area (Å²) in [5, 5.41) is 51.5. The van der Waals surface area contributed by atoms with Crippen LogP contribution in [0.25, 0.3) is 0 Å². The highest BCUT2D eigenvalue weighted by atomic mass is 16.5. The molecule has 0 amide bonds. The van der Waals surface area contributed by atoms with Gasteiger partial charge in [-0.25, -0.2) is 0 Å². The van der Waals surface area contributed by atoms with Crippen LogP contribution in [0, 0.1) is 0 Å². The van der Waals surface area contributed by atoms with Gasteiger partial charge in [-0.15, -0.1) is 0 Å². The Balaban J connectivity index is 1.62. The van der Waals surface area contributed by atoms with Crippen LogP contribution >= 0.6 is 0 Å². The summed E-state index contributed by atoms with van der Waals surface area (Å²) in [6.45, 7) is 5.25. The molecule has 2 aliphatic heterocycles. The molecule has 0 radical (unpaired) electrons. The molecule has 0 saturated carbocycles. The maximum atomic E-state index is 13.0. The number of carbonyl (C=O) groups excluding carboxylic acids is 1. The van der Waals surface area contributed by atoms with Crippen molar-refractivity contribution in [1.29, 1.82) is 0 Å². The van der Waals surface area contributed by atoms with E-state index in [1.54, 1.807) is 24.3 Å². The number of aliphatic hydroxyl groups is 2. The summed E-state index contributed by atoms with van der Waals surface area (Å²) >= 11 is 0. The van der Waals surface area contributed by atoms with Gasteiger partial charge in [0.25, 0.3) is 0 Å². The number of aromatic hydroxyl groups is 3. The highest BCUT2D eigenvalue weighted by Crippen LogP contribution is 2.53. The van der Waals surface area contributed by atoms with Crippen LogP contribution in [-0.2, 0) is 0 Å². The van der Waals surface area contributed by atoms with Gasteiger partial charge in [0.05, 0.1) is 19.6 Å². The van der Waals surface area contributed by atoms with Crippen LogP contribution in [0.5, 0.6) is 40.2 Å². The monoisotopic (exact) mass is 538 g/mol. The molecule has 5 N–H and O–H groups in total. The molecule has 0 aliphatic carbocycles. The van der Waals surface area contributed by atoms with Crippen LogP contribution in [-0.4, -0.2) is 56.7 Å². The molecule has 2 aliphatic rings. The lowest BCUT2D eigenvalue weighted by Gasteiger charge is -2.31. The van der Waals surface area contributed by atoms with E-state index >= 15 is 0 Å². The number of aliphatic hydroxyl groups excluding tert-OH is 2. The predicted molar refractivity (Wildman–Crippen MR) is 138 cm³/mol. The van der Waals surface area contributed by atoms with Crippen molar-refractivity contribution in [1.82, 2.24) is 0 Å². The van der Waals surface area contributed by atoms with E-state index in [1.807, 2.05) is 20.8 Å². The molecule has 2 heterocycles. The lowest BCUT2D eigenvalue weighted by molar-refractivity contribution is 0.0208. The van der Waals surface area contributed by atoms with E-state index in [9.17, 15) is 30.3 Å². The van der Waals surface area contributed by atoms with E-state index in [-0.39, 0.29) is 35.2 Å². The Morgan fingerprint density at radius 2 is 1.62 bits per heavy atom. The van der Waals surface area contributed by atoms with Gasteiger partial charge in [-0.05, 0) is 56.2 Å². The van der Waals surface area contributed by atoms with E-state index in [4.69, 9.17) is 18.9 Å². The van der Waals surface area contributed by atoms with Crippen molar-refractivity contribution in [2.75, 3.05) is 13.7 Å². The second-order valence-corrected chi connectivity index (χ2v) is 10.6. The highest BCUT2D eigenvalue weighted by Gasteiger charge is 2.43. The summed E-state index contributed by atoms with van der Waals surface area (Å²) in [6.07, 6.45) is -3.53. The molecular weight excluding hydrogens is 508 g/mol. The molecule has 39 heavy (non-hydrogen) atoms. The zero-order chi connectivity index (χ0) is 28.2. The molecule has 3 unspecified atom stereocenters. The van der Waals surface area contributed by atoms with Crippen molar-refractivity contribution >= 4 is 5.78 Å². The van der Waals surface area contributed by atoms with Crippen LogP contribution in [0.2, 0.25) is 0 Å². The lowest BCUT2D eigenvalue weighted by atomic mass is 9.87. The number of hydrogen-bond acceptors (Lipinski definition) is 10. The Kier molecular flexibility index (Phi) is 6.48. The minimum Gasteiger partial charge on any atom is -0.508 e. The topological polar surface area (TPSA) is 155 Å². The fourth-order valence-electron chi connectivity index (χ4n) is 5.02. The van der Waals surface area contributed by atoms with Gasteiger partial charge in [-0.1, -0.05) is 6.07 Å². The first kappa shape index (κ1) is 26.5. The van der Waals surface area contributed by atoms with Crippen LogP contribution in [0.4, 0.5) is 0 Å². The van der Waals surface area contributed by atoms with Gasteiger partial charge >= 0.3 is 0 Å². The van der Waals surface area contributed by atoms with Crippen LogP contribution in [0.15, 0.2) is 42.5 Å². The second kappa shape index (κ2) is 9.55. The lowest BCUT2D eigenvalue weighted by Crippen LogP contribution is -2.36. The summed E-state index contributed by atoms with van der Waals surface area (Å²) in [7, 11) is 1.43. The van der Waals surface area contributed by atoms with E-state index in [1.165, 1.54) is 19.2 Å². The van der Waals surface area contributed by atoms with E-state index in [2.05, 4.69) is 0 Å². The quantitative estimate of drug-likeness (QED) is 0.323. The molecule has 0 aromatic heterocycles. The molecule has 0 fully saturated rings. The fourth-order valence-corrected chi connectivity index (χ4v) is 5.02. The van der Waals surface area contributed by atoms with Gasteiger partial charge in [0.1, 0.15) is 34.5 Å². The Bertz CT molecular complexity index is 1440. The first-order valence-corrected chi connectivity index (χ1v) is 12.4. The van der Waals surface area contributed by atoms with Gasteiger partial charge in [-0.2, -0.15) is 0 Å². The van der Waals surface area contributed by atoms with Gasteiger partial charge < -0.3 is 44.5 Å². The summed E-state index contributed by atoms with van der Waals surface area (Å²) in [5.41, 5.74) is 0.706. The first-order valence-electron chi connectivity index (χ1n) is 12.4. The third kappa shape index (κ3) is 4.66. The average molecular weight is 539 g/mol. The van der Waals surface area contributed by atoms with Gasteiger partial charge in [0, 0.05) is 17.7 Å². The maximum absolute atomic E-state index is 13.0. The zero-order valence-electron chi connectivity index (χ0n) is 21.8. The Labute approximate surface area is 224 Å². The summed E-state index contributed by atoms with van der Waals surface area (Å²) < 4.78 is 23.7. The van der Waals surface area contributed by atoms with E-state index in [0.717, 1.165) is 6.07 Å². The Morgan fingerprint density at radius 3 is 2.28 bits per heavy atom. The maximum Gasteiger partial charge on any atom is 0.202 e. The molecule has 10 heteroatoms. The minimum atomic E-state index is -1.67. The molecule has 5 rings (SSSR count). The Hall–Kier alpha value is -4.15. The molecule has 10 nitrogen and oxygen atoms in total. The number of phenolic OH excluding ortho intramolecular Hbond substituents is 3. The third-order valence-corrected chi connectivity index (χ3v) is 6.71. The van der Waals surface area contributed by atoms with Crippen molar-refractivity contribution < 1.29 is 49.3 Å². The van der Waals surface area contributed by atoms with Gasteiger partial charge in [0.2, 0.25) is 5.78 Å². The number of Topliss-reactive ketones (excluding diaryl/α,β-unsaturated/α-hetero) is 1. The normalized spacial score (nSPS) is 21.9. The molecule has 0 saturated heterocycles. The SMILES string of the molecule is COc1cc(C2Oc3c(OC(C)(C)C)cc(C4Oc5cc(O)cc(O)c5C(=O)C4O)cc3[C@H]2CO)ccc1O. The van der Waals surface area contributed by atoms with Crippen molar-refractivity contribution in [2.24, 2.45) is 0 Å². The first-order chi connectivity index (χ1) is 18.4. The summed E-state index contributed by atoms with van der Waals surface area (Å²) in [4.78, 5) is 13.0. The fraction of sp³-hybridized carbons (Fsp3) is 0.345. The summed E-state index contributed by atoms with van der Waals surface area (Å²) in [5.74, 6) is -1.31. The van der Waals surface area contributed by atoms with Crippen molar-refractivity contribution in [3.05, 3.63) is 64.7 Å².